The van der Waals surface area contributed by atoms with E-state index in [9.17, 15) is 0 Å². The Morgan fingerprint density at radius 1 is 1.33 bits per heavy atom. The maximum atomic E-state index is 5.30. The molecular formula is C14H31IN4O2. The van der Waals surface area contributed by atoms with Crippen LogP contribution in [-0.4, -0.2) is 77.1 Å². The highest BCUT2D eigenvalue weighted by Crippen LogP contribution is 2.15. The van der Waals surface area contributed by atoms with Gasteiger partial charge in [-0.2, -0.15) is 0 Å². The first kappa shape index (κ1) is 20.9. The molecule has 1 heterocycles. The summed E-state index contributed by atoms with van der Waals surface area (Å²) < 4.78 is 10.5. The minimum atomic E-state index is 0. The number of ether oxygens (including phenoxy) is 2. The summed E-state index contributed by atoms with van der Waals surface area (Å²) in [5, 5.41) is 6.65. The molecule has 1 unspecified atom stereocenters. The maximum Gasteiger partial charge on any atom is 0.191 e. The highest BCUT2D eigenvalue weighted by atomic mass is 127. The van der Waals surface area contributed by atoms with Gasteiger partial charge in [-0.1, -0.05) is 0 Å². The minimum Gasteiger partial charge on any atom is -0.383 e. The molecule has 1 fully saturated rings. The van der Waals surface area contributed by atoms with Crippen molar-refractivity contribution in [1.29, 1.82) is 0 Å². The molecule has 0 saturated carbocycles. The van der Waals surface area contributed by atoms with E-state index in [-0.39, 0.29) is 24.0 Å². The van der Waals surface area contributed by atoms with Crippen LogP contribution in [0.1, 0.15) is 19.8 Å². The Balaban J connectivity index is 0.00000400. The lowest BCUT2D eigenvalue weighted by atomic mass is 10.2. The van der Waals surface area contributed by atoms with Gasteiger partial charge in [0.15, 0.2) is 5.96 Å². The van der Waals surface area contributed by atoms with E-state index in [2.05, 4.69) is 20.5 Å². The van der Waals surface area contributed by atoms with Crippen LogP contribution in [0.3, 0.4) is 0 Å². The summed E-state index contributed by atoms with van der Waals surface area (Å²) in [5.74, 6) is 0.850. The molecule has 0 amide bonds. The molecule has 1 saturated heterocycles. The van der Waals surface area contributed by atoms with Gasteiger partial charge < -0.3 is 20.1 Å². The van der Waals surface area contributed by atoms with E-state index in [1.165, 1.54) is 19.4 Å². The van der Waals surface area contributed by atoms with E-state index in [1.807, 2.05) is 6.92 Å². The van der Waals surface area contributed by atoms with Crippen LogP contribution in [-0.2, 0) is 9.47 Å². The van der Waals surface area contributed by atoms with E-state index < -0.39 is 0 Å². The minimum absolute atomic E-state index is 0. The molecule has 0 aromatic rings. The van der Waals surface area contributed by atoms with Crippen LogP contribution in [0.15, 0.2) is 4.99 Å². The molecule has 1 rings (SSSR count). The third kappa shape index (κ3) is 8.80. The predicted octanol–water partition coefficient (Wildman–Crippen LogP) is 0.917. The van der Waals surface area contributed by atoms with Crippen molar-refractivity contribution in [3.63, 3.8) is 0 Å². The first-order valence-corrected chi connectivity index (χ1v) is 7.57. The summed E-state index contributed by atoms with van der Waals surface area (Å²) in [6.45, 7) is 8.17. The number of methoxy groups -OCH3 is 1. The largest absolute Gasteiger partial charge is 0.383 e. The summed E-state index contributed by atoms with van der Waals surface area (Å²) in [6, 6.07) is 0.579. The van der Waals surface area contributed by atoms with Gasteiger partial charge in [-0.3, -0.25) is 9.89 Å². The monoisotopic (exact) mass is 414 g/mol. The number of hydrogen-bond donors (Lipinski definition) is 2. The maximum absolute atomic E-state index is 5.30. The fraction of sp³-hybridized carbons (Fsp3) is 0.929. The smallest absolute Gasteiger partial charge is 0.191 e. The van der Waals surface area contributed by atoms with Crippen molar-refractivity contribution in [2.45, 2.75) is 25.8 Å². The first-order chi connectivity index (χ1) is 9.81. The van der Waals surface area contributed by atoms with E-state index in [0.717, 1.165) is 38.8 Å². The Kier molecular flexibility index (Phi) is 13.5. The molecule has 0 bridgehead atoms. The van der Waals surface area contributed by atoms with Crippen LogP contribution in [0.25, 0.3) is 0 Å². The van der Waals surface area contributed by atoms with Gasteiger partial charge in [0.1, 0.15) is 0 Å². The Morgan fingerprint density at radius 3 is 2.81 bits per heavy atom. The van der Waals surface area contributed by atoms with Gasteiger partial charge in [-0.25, -0.2) is 0 Å². The second-order valence-corrected chi connectivity index (χ2v) is 4.90. The fourth-order valence-corrected chi connectivity index (χ4v) is 2.45. The van der Waals surface area contributed by atoms with Gasteiger partial charge in [0, 0.05) is 46.4 Å². The first-order valence-electron chi connectivity index (χ1n) is 7.57. The molecule has 1 aliphatic rings. The van der Waals surface area contributed by atoms with Crippen molar-refractivity contribution in [2.24, 2.45) is 4.99 Å². The van der Waals surface area contributed by atoms with Gasteiger partial charge in [0.25, 0.3) is 0 Å². The van der Waals surface area contributed by atoms with E-state index in [1.54, 1.807) is 14.2 Å². The zero-order valence-electron chi connectivity index (χ0n) is 13.6. The van der Waals surface area contributed by atoms with Crippen molar-refractivity contribution in [3.05, 3.63) is 0 Å². The molecule has 1 atom stereocenters. The summed E-state index contributed by atoms with van der Waals surface area (Å²) >= 11 is 0. The zero-order valence-corrected chi connectivity index (χ0v) is 15.9. The summed E-state index contributed by atoms with van der Waals surface area (Å²) in [7, 11) is 3.56. The highest BCUT2D eigenvalue weighted by Gasteiger charge is 2.23. The lowest BCUT2D eigenvalue weighted by Gasteiger charge is -2.25. The number of guanidine groups is 1. The van der Waals surface area contributed by atoms with Crippen LogP contribution < -0.4 is 10.6 Å². The zero-order chi connectivity index (χ0) is 14.6. The third-order valence-electron chi connectivity index (χ3n) is 3.55. The third-order valence-corrected chi connectivity index (χ3v) is 3.55. The summed E-state index contributed by atoms with van der Waals surface area (Å²) in [5.41, 5.74) is 0. The van der Waals surface area contributed by atoms with Gasteiger partial charge in [0.05, 0.1) is 13.2 Å². The van der Waals surface area contributed by atoms with Gasteiger partial charge in [-0.15, -0.1) is 24.0 Å². The quantitative estimate of drug-likeness (QED) is 0.254. The fourth-order valence-electron chi connectivity index (χ4n) is 2.45. The average molecular weight is 414 g/mol. The van der Waals surface area contributed by atoms with Crippen LogP contribution in [0.4, 0.5) is 0 Å². The van der Waals surface area contributed by atoms with Crippen molar-refractivity contribution in [2.75, 3.05) is 60.2 Å². The van der Waals surface area contributed by atoms with Crippen molar-refractivity contribution < 1.29 is 9.47 Å². The van der Waals surface area contributed by atoms with Crippen molar-refractivity contribution >= 4 is 29.9 Å². The van der Waals surface area contributed by atoms with E-state index in [0.29, 0.717) is 12.6 Å². The lowest BCUT2D eigenvalue weighted by Crippen LogP contribution is -2.46. The Hall–Kier alpha value is -0.120. The molecule has 0 aromatic heterocycles. The number of halogens is 1. The Labute approximate surface area is 146 Å². The standard InChI is InChI=1S/C14H30N4O2.HI/c1-4-20-10-7-16-14(15-2)17-12-13-6-5-8-18(13)9-11-19-3;/h13H,4-12H2,1-3H3,(H2,15,16,17);1H. The average Bonchev–Trinajstić information content (AvgIpc) is 2.92. The van der Waals surface area contributed by atoms with Crippen molar-refractivity contribution in [1.82, 2.24) is 15.5 Å². The molecule has 0 aliphatic carbocycles. The van der Waals surface area contributed by atoms with Gasteiger partial charge in [0.2, 0.25) is 0 Å². The topological polar surface area (TPSA) is 58.1 Å². The van der Waals surface area contributed by atoms with Gasteiger partial charge >= 0.3 is 0 Å². The number of nitrogens with zero attached hydrogens (tertiary/aromatic N) is 2. The normalized spacial score (nSPS) is 19.4. The Morgan fingerprint density at radius 2 is 2.14 bits per heavy atom. The van der Waals surface area contributed by atoms with Crippen LogP contribution in [0.5, 0.6) is 0 Å². The molecule has 1 aliphatic heterocycles. The Bertz CT molecular complexity index is 280. The highest BCUT2D eigenvalue weighted by molar-refractivity contribution is 14.0. The number of nitrogens with one attached hydrogen (secondary N) is 2. The summed E-state index contributed by atoms with van der Waals surface area (Å²) in [4.78, 5) is 6.72. The van der Waals surface area contributed by atoms with E-state index >= 15 is 0 Å². The van der Waals surface area contributed by atoms with Crippen LogP contribution in [0, 0.1) is 0 Å². The molecule has 0 radical (unpaired) electrons. The number of aliphatic imine (C=N–C) groups is 1. The molecule has 2 N–H and O–H groups in total. The molecule has 126 valence electrons. The predicted molar refractivity (Wildman–Crippen MR) is 97.7 cm³/mol. The van der Waals surface area contributed by atoms with Crippen LogP contribution >= 0.6 is 24.0 Å². The second kappa shape index (κ2) is 13.5. The van der Waals surface area contributed by atoms with E-state index in [4.69, 9.17) is 9.47 Å². The second-order valence-electron chi connectivity index (χ2n) is 4.90. The number of rotatable bonds is 9. The number of hydrogen-bond acceptors (Lipinski definition) is 4. The molecule has 7 heteroatoms. The SMILES string of the molecule is CCOCCNC(=NC)NCC1CCCN1CCOC.I. The molecule has 6 nitrogen and oxygen atoms in total. The van der Waals surface area contributed by atoms with Crippen LogP contribution in [0.2, 0.25) is 0 Å². The molecule has 0 spiro atoms. The summed E-state index contributed by atoms with van der Waals surface area (Å²) in [6.07, 6.45) is 2.51. The van der Waals surface area contributed by atoms with Gasteiger partial charge in [-0.05, 0) is 26.3 Å². The molecule has 0 aromatic carbocycles. The number of likely N-dealkylation sites (tertiary alicyclic amines) is 1. The molecular weight excluding hydrogens is 383 g/mol. The lowest BCUT2D eigenvalue weighted by molar-refractivity contribution is 0.141. The van der Waals surface area contributed by atoms with Crippen molar-refractivity contribution in [3.8, 4) is 0 Å². The molecule has 21 heavy (non-hydrogen) atoms.